The highest BCUT2D eigenvalue weighted by Gasteiger charge is 2.21. The molecule has 0 atom stereocenters. The summed E-state index contributed by atoms with van der Waals surface area (Å²) >= 11 is 0. The van der Waals surface area contributed by atoms with Crippen LogP contribution in [0.25, 0.3) is 22.5 Å². The monoisotopic (exact) mass is 490 g/mol. The number of hydrogen-bond donors (Lipinski definition) is 2. The first-order valence-electron chi connectivity index (χ1n) is 14.2. The number of hydrogen-bond acceptors (Lipinski definition) is 4. The Morgan fingerprint density at radius 3 is 1.86 bits per heavy atom. The van der Waals surface area contributed by atoms with Crippen LogP contribution in [0.4, 0.5) is 11.6 Å². The van der Waals surface area contributed by atoms with E-state index in [1.54, 1.807) is 0 Å². The van der Waals surface area contributed by atoms with Crippen LogP contribution in [-0.4, -0.2) is 18.2 Å². The van der Waals surface area contributed by atoms with Crippen molar-refractivity contribution < 1.29 is 9.52 Å². The number of benzene rings is 2. The van der Waals surface area contributed by atoms with Crippen molar-refractivity contribution in [3.63, 3.8) is 0 Å². The molecule has 0 unspecified atom stereocenters. The average Bonchev–Trinajstić information content (AvgIpc) is 3.21. The zero-order valence-corrected chi connectivity index (χ0v) is 22.5. The van der Waals surface area contributed by atoms with Crippen LogP contribution in [0.2, 0.25) is 0 Å². The molecule has 0 aliphatic heterocycles. The normalized spacial score (nSPS) is 11.2. The Morgan fingerprint density at radius 2 is 1.25 bits per heavy atom. The minimum Gasteiger partial charge on any atom is -0.504 e. The van der Waals surface area contributed by atoms with Gasteiger partial charge in [-0.1, -0.05) is 121 Å². The van der Waals surface area contributed by atoms with E-state index in [0.29, 0.717) is 11.3 Å². The quantitative estimate of drug-likeness (QED) is 0.185. The maximum Gasteiger partial charge on any atom is 0.202 e. The van der Waals surface area contributed by atoms with Crippen LogP contribution in [0, 0.1) is 0 Å². The number of rotatable bonds is 17. The van der Waals surface area contributed by atoms with Gasteiger partial charge in [-0.25, -0.2) is 0 Å². The molecule has 0 aliphatic rings. The Morgan fingerprint density at radius 1 is 0.694 bits per heavy atom. The highest BCUT2D eigenvalue weighted by molar-refractivity contribution is 5.87. The van der Waals surface area contributed by atoms with E-state index < -0.39 is 0 Å². The molecule has 1 aromatic heterocycles. The first-order chi connectivity index (χ1) is 17.7. The number of unbranched alkanes of at least 4 members (excludes halogenated alkanes) is 10. The topological polar surface area (TPSA) is 62.6 Å². The van der Waals surface area contributed by atoms with Gasteiger partial charge in [0.2, 0.25) is 5.88 Å². The van der Waals surface area contributed by atoms with Crippen LogP contribution in [0.5, 0.6) is 5.75 Å². The summed E-state index contributed by atoms with van der Waals surface area (Å²) in [6.07, 6.45) is 15.5. The van der Waals surface area contributed by atoms with Gasteiger partial charge in [0.1, 0.15) is 0 Å². The third-order valence-electron chi connectivity index (χ3n) is 7.01. The Hall–Kier alpha value is -2.88. The molecule has 0 spiro atoms. The second-order valence-electron chi connectivity index (χ2n) is 9.96. The van der Waals surface area contributed by atoms with Crippen molar-refractivity contribution in [2.45, 2.75) is 90.9 Å². The Kier molecular flexibility index (Phi) is 11.8. The number of anilines is 2. The van der Waals surface area contributed by atoms with Crippen molar-refractivity contribution in [3.05, 3.63) is 54.6 Å². The van der Waals surface area contributed by atoms with Crippen LogP contribution in [0.3, 0.4) is 0 Å². The van der Waals surface area contributed by atoms with Crippen LogP contribution in [0.1, 0.15) is 90.9 Å². The van der Waals surface area contributed by atoms with Gasteiger partial charge in [0, 0.05) is 24.3 Å². The van der Waals surface area contributed by atoms with Gasteiger partial charge in [-0.15, -0.1) is 0 Å². The zero-order chi connectivity index (χ0) is 25.6. The van der Waals surface area contributed by atoms with E-state index in [0.717, 1.165) is 24.2 Å². The fourth-order valence-electron chi connectivity index (χ4n) is 4.90. The summed E-state index contributed by atoms with van der Waals surface area (Å²) < 4.78 is 5.82. The molecule has 0 bridgehead atoms. The molecule has 0 saturated carbocycles. The molecule has 3 N–H and O–H groups in total. The molecule has 0 amide bonds. The molecule has 2 aromatic carbocycles. The minimum absolute atomic E-state index is 0.106. The van der Waals surface area contributed by atoms with E-state index >= 15 is 0 Å². The molecule has 36 heavy (non-hydrogen) atoms. The fraction of sp³-hybridized carbons (Fsp3) is 0.500. The summed E-state index contributed by atoms with van der Waals surface area (Å²) in [7, 11) is 0. The van der Waals surface area contributed by atoms with E-state index in [1.807, 2.05) is 36.4 Å². The van der Waals surface area contributed by atoms with Gasteiger partial charge >= 0.3 is 0 Å². The predicted octanol–water partition coefficient (Wildman–Crippen LogP) is 9.43. The van der Waals surface area contributed by atoms with Crippen molar-refractivity contribution in [1.29, 1.82) is 0 Å². The van der Waals surface area contributed by atoms with Crippen molar-refractivity contribution >= 4 is 11.6 Å². The van der Waals surface area contributed by atoms with Crippen LogP contribution in [0.15, 0.2) is 59.0 Å². The Balaban J connectivity index is 1.74. The van der Waals surface area contributed by atoms with Crippen molar-refractivity contribution in [3.8, 4) is 28.2 Å². The largest absolute Gasteiger partial charge is 0.504 e. The lowest BCUT2D eigenvalue weighted by molar-refractivity contribution is 0.467. The summed E-state index contributed by atoms with van der Waals surface area (Å²) in [6.45, 7) is 6.66. The number of nitrogens with two attached hydrogens (primary N) is 1. The van der Waals surface area contributed by atoms with Gasteiger partial charge in [-0.05, 0) is 30.5 Å². The first kappa shape index (κ1) is 27.7. The maximum absolute atomic E-state index is 11.0. The molecule has 196 valence electrons. The molecule has 0 radical (unpaired) electrons. The standard InChI is InChI=1S/C32H46N2O2/c1-3-5-7-9-11-16-23-34(24-17-12-10-8-6-4-2)28-22-18-21-27(25-28)29-30(35)31(36-32(29)33)26-19-14-13-15-20-26/h13-15,18-22,25,35H,3-12,16-17,23-24,33H2,1-2H3. The number of furan rings is 1. The second kappa shape index (κ2) is 15.3. The summed E-state index contributed by atoms with van der Waals surface area (Å²) in [5.74, 6) is 0.778. The molecule has 0 saturated heterocycles. The summed E-state index contributed by atoms with van der Waals surface area (Å²) in [4.78, 5) is 2.52. The summed E-state index contributed by atoms with van der Waals surface area (Å²) in [6, 6.07) is 18.0. The van der Waals surface area contributed by atoms with Gasteiger partial charge in [0.25, 0.3) is 0 Å². The first-order valence-corrected chi connectivity index (χ1v) is 14.2. The average molecular weight is 491 g/mol. The summed E-state index contributed by atoms with van der Waals surface area (Å²) in [5.41, 5.74) is 9.75. The van der Waals surface area contributed by atoms with Crippen LogP contribution >= 0.6 is 0 Å². The second-order valence-corrected chi connectivity index (χ2v) is 9.96. The minimum atomic E-state index is 0.106. The predicted molar refractivity (Wildman–Crippen MR) is 155 cm³/mol. The Labute approximate surface area is 218 Å². The molecular weight excluding hydrogens is 444 g/mol. The van der Waals surface area contributed by atoms with Gasteiger partial charge in [-0.3, -0.25) is 0 Å². The van der Waals surface area contributed by atoms with Gasteiger partial charge in [0.15, 0.2) is 11.5 Å². The van der Waals surface area contributed by atoms with E-state index in [9.17, 15) is 5.11 Å². The van der Waals surface area contributed by atoms with E-state index in [2.05, 4.69) is 36.9 Å². The molecular formula is C32H46N2O2. The lowest BCUT2D eigenvalue weighted by Gasteiger charge is -2.25. The molecule has 4 heteroatoms. The van der Waals surface area contributed by atoms with E-state index in [4.69, 9.17) is 10.2 Å². The SMILES string of the molecule is CCCCCCCCN(CCCCCCCC)c1cccc(-c2c(N)oc(-c3ccccc3)c2O)c1. The lowest BCUT2D eigenvalue weighted by atomic mass is 10.0. The molecule has 0 fully saturated rings. The third kappa shape index (κ3) is 8.08. The third-order valence-corrected chi connectivity index (χ3v) is 7.01. The van der Waals surface area contributed by atoms with E-state index in [-0.39, 0.29) is 11.6 Å². The van der Waals surface area contributed by atoms with Crippen molar-refractivity contribution in [2.75, 3.05) is 23.7 Å². The Bertz CT molecular complexity index is 996. The lowest BCUT2D eigenvalue weighted by Crippen LogP contribution is -2.25. The maximum atomic E-state index is 11.0. The molecule has 3 rings (SSSR count). The molecule has 1 heterocycles. The zero-order valence-electron chi connectivity index (χ0n) is 22.5. The highest BCUT2D eigenvalue weighted by atomic mass is 16.4. The van der Waals surface area contributed by atoms with Gasteiger partial charge in [0.05, 0.1) is 5.56 Å². The van der Waals surface area contributed by atoms with Gasteiger partial charge < -0.3 is 20.2 Å². The van der Waals surface area contributed by atoms with Gasteiger partial charge in [-0.2, -0.15) is 0 Å². The van der Waals surface area contributed by atoms with E-state index in [1.165, 1.54) is 82.7 Å². The number of nitrogens with zero attached hydrogens (tertiary/aromatic N) is 1. The van der Waals surface area contributed by atoms with Crippen molar-refractivity contribution in [1.82, 2.24) is 0 Å². The molecule has 0 aliphatic carbocycles. The van der Waals surface area contributed by atoms with Crippen LogP contribution < -0.4 is 10.6 Å². The molecule has 4 nitrogen and oxygen atoms in total. The van der Waals surface area contributed by atoms with Crippen molar-refractivity contribution in [2.24, 2.45) is 0 Å². The number of nitrogen functional groups attached to an aromatic ring is 1. The molecule has 3 aromatic rings. The van der Waals surface area contributed by atoms with Crippen LogP contribution in [-0.2, 0) is 0 Å². The highest BCUT2D eigenvalue weighted by Crippen LogP contribution is 2.45. The summed E-state index contributed by atoms with van der Waals surface area (Å²) in [5, 5.41) is 11.0. The smallest absolute Gasteiger partial charge is 0.202 e. The fourth-order valence-corrected chi connectivity index (χ4v) is 4.90. The number of aromatic hydroxyl groups is 1.